The highest BCUT2D eigenvalue weighted by Gasteiger charge is 2.41. The first-order valence-electron chi connectivity index (χ1n) is 13.3. The number of hydrogen-bond acceptors (Lipinski definition) is 5. The monoisotopic (exact) mass is 499 g/mol. The van der Waals surface area contributed by atoms with E-state index in [4.69, 9.17) is 9.47 Å². The van der Waals surface area contributed by atoms with Gasteiger partial charge in [-0.1, -0.05) is 66.7 Å². The Hall–Kier alpha value is -3.19. The van der Waals surface area contributed by atoms with E-state index < -0.39 is 0 Å². The second-order valence-corrected chi connectivity index (χ2v) is 10.1. The number of carbonyl (C=O) groups excluding carboxylic acids is 1. The number of rotatable bonds is 11. The number of likely N-dealkylation sites (tertiary alicyclic amines) is 1. The van der Waals surface area contributed by atoms with Gasteiger partial charge < -0.3 is 20.1 Å². The van der Waals surface area contributed by atoms with E-state index in [1.54, 1.807) is 7.11 Å². The molecule has 6 heteroatoms. The number of benzene rings is 3. The Labute approximate surface area is 220 Å². The van der Waals surface area contributed by atoms with E-state index in [0.717, 1.165) is 43.7 Å². The predicted octanol–water partition coefficient (Wildman–Crippen LogP) is 3.73. The lowest BCUT2D eigenvalue weighted by Gasteiger charge is -2.29. The highest BCUT2D eigenvalue weighted by molar-refractivity contribution is 5.82. The number of fused-ring (bicyclic) bond motifs is 1. The van der Waals surface area contributed by atoms with Gasteiger partial charge in [-0.25, -0.2) is 0 Å². The predicted molar refractivity (Wildman–Crippen MR) is 145 cm³/mol. The van der Waals surface area contributed by atoms with E-state index in [0.29, 0.717) is 25.8 Å². The molecule has 1 amide bonds. The second-order valence-electron chi connectivity index (χ2n) is 10.1. The van der Waals surface area contributed by atoms with Crippen LogP contribution in [0.1, 0.15) is 28.7 Å². The summed E-state index contributed by atoms with van der Waals surface area (Å²) < 4.78 is 11.1. The third-order valence-electron chi connectivity index (χ3n) is 7.49. The van der Waals surface area contributed by atoms with Gasteiger partial charge in [0.25, 0.3) is 0 Å². The van der Waals surface area contributed by atoms with Crippen LogP contribution in [-0.2, 0) is 35.5 Å². The summed E-state index contributed by atoms with van der Waals surface area (Å²) in [7, 11) is 1.66. The summed E-state index contributed by atoms with van der Waals surface area (Å²) in [4.78, 5) is 15.6. The van der Waals surface area contributed by atoms with Gasteiger partial charge in [0.1, 0.15) is 12.4 Å². The minimum atomic E-state index is -0.130. The zero-order valence-electron chi connectivity index (χ0n) is 21.6. The molecule has 0 spiro atoms. The van der Waals surface area contributed by atoms with Gasteiger partial charge in [0.15, 0.2) is 0 Å². The molecule has 1 heterocycles. The minimum absolute atomic E-state index is 0.105. The van der Waals surface area contributed by atoms with E-state index >= 15 is 0 Å². The van der Waals surface area contributed by atoms with Gasteiger partial charge in [-0.15, -0.1) is 0 Å². The van der Waals surface area contributed by atoms with Crippen LogP contribution in [-0.4, -0.2) is 55.7 Å². The van der Waals surface area contributed by atoms with Crippen molar-refractivity contribution in [3.05, 3.63) is 101 Å². The van der Waals surface area contributed by atoms with Crippen molar-refractivity contribution in [1.29, 1.82) is 0 Å². The smallest absolute Gasteiger partial charge is 0.237 e. The molecule has 0 saturated carbocycles. The molecule has 0 aromatic heterocycles. The van der Waals surface area contributed by atoms with Gasteiger partial charge in [-0.05, 0) is 53.6 Å². The Bertz CT molecular complexity index is 1140. The minimum Gasteiger partial charge on any atom is -0.489 e. The summed E-state index contributed by atoms with van der Waals surface area (Å²) >= 11 is 0. The molecule has 194 valence electrons. The van der Waals surface area contributed by atoms with Crippen molar-refractivity contribution >= 4 is 5.91 Å². The maximum atomic E-state index is 13.2. The molecule has 1 saturated heterocycles. The van der Waals surface area contributed by atoms with E-state index in [1.807, 2.05) is 30.3 Å². The summed E-state index contributed by atoms with van der Waals surface area (Å²) in [5.74, 6) is 0.976. The Morgan fingerprint density at radius 2 is 1.68 bits per heavy atom. The van der Waals surface area contributed by atoms with E-state index in [9.17, 15) is 4.79 Å². The van der Waals surface area contributed by atoms with E-state index in [-0.39, 0.29) is 18.0 Å². The van der Waals surface area contributed by atoms with Crippen LogP contribution in [0.5, 0.6) is 5.75 Å². The first-order valence-corrected chi connectivity index (χ1v) is 13.3. The lowest BCUT2D eigenvalue weighted by Crippen LogP contribution is -2.48. The Balaban J connectivity index is 1.20. The van der Waals surface area contributed by atoms with Crippen molar-refractivity contribution < 1.29 is 14.3 Å². The molecule has 3 aromatic rings. The molecule has 2 atom stereocenters. The third-order valence-corrected chi connectivity index (χ3v) is 7.49. The molecule has 1 aliphatic heterocycles. The number of methoxy groups -OCH3 is 1. The lowest BCUT2D eigenvalue weighted by molar-refractivity contribution is -0.126. The summed E-state index contributed by atoms with van der Waals surface area (Å²) in [5.41, 5.74) is 5.16. The molecule has 6 nitrogen and oxygen atoms in total. The number of nitrogens with one attached hydrogen (secondary N) is 2. The molecular formula is C31H37N3O3. The first-order chi connectivity index (χ1) is 18.2. The zero-order valence-corrected chi connectivity index (χ0v) is 21.6. The van der Waals surface area contributed by atoms with Gasteiger partial charge in [0, 0.05) is 38.8 Å². The summed E-state index contributed by atoms with van der Waals surface area (Å²) in [6.45, 7) is 3.23. The summed E-state index contributed by atoms with van der Waals surface area (Å²) in [5, 5.41) is 6.80. The summed E-state index contributed by atoms with van der Waals surface area (Å²) in [6, 6.07) is 27.6. The van der Waals surface area contributed by atoms with Gasteiger partial charge >= 0.3 is 0 Å². The van der Waals surface area contributed by atoms with Crippen molar-refractivity contribution in [3.63, 3.8) is 0 Å². The molecule has 1 aliphatic carbocycles. The highest BCUT2D eigenvalue weighted by atomic mass is 16.5. The third kappa shape index (κ3) is 6.58. The fourth-order valence-electron chi connectivity index (χ4n) is 5.58. The maximum Gasteiger partial charge on any atom is 0.237 e. The Morgan fingerprint density at radius 3 is 2.43 bits per heavy atom. The molecule has 2 N–H and O–H groups in total. The molecule has 0 radical (unpaired) electrons. The number of carbonyl (C=O) groups is 1. The van der Waals surface area contributed by atoms with Crippen molar-refractivity contribution in [1.82, 2.24) is 15.5 Å². The van der Waals surface area contributed by atoms with Crippen LogP contribution in [0.3, 0.4) is 0 Å². The van der Waals surface area contributed by atoms with Gasteiger partial charge in [0.2, 0.25) is 5.91 Å². The van der Waals surface area contributed by atoms with Crippen LogP contribution in [0.15, 0.2) is 78.9 Å². The fraction of sp³-hybridized carbons (Fsp3) is 0.387. The van der Waals surface area contributed by atoms with Crippen LogP contribution in [0.25, 0.3) is 0 Å². The van der Waals surface area contributed by atoms with Gasteiger partial charge in [-0.2, -0.15) is 0 Å². The summed E-state index contributed by atoms with van der Waals surface area (Å²) in [6.07, 6.45) is 2.81. The molecule has 0 bridgehead atoms. The SMILES string of the molecule is COCCNC(=O)[C@@H]1C[C@H](NCc2cccc(OCc3ccccc3)c2)CN1C1Cc2ccccc2C1. The van der Waals surface area contributed by atoms with E-state index in [2.05, 4.69) is 64.1 Å². The molecular weight excluding hydrogens is 462 g/mol. The second kappa shape index (κ2) is 12.4. The number of nitrogens with zero attached hydrogens (tertiary/aromatic N) is 1. The van der Waals surface area contributed by atoms with Crippen LogP contribution in [0.4, 0.5) is 0 Å². The maximum absolute atomic E-state index is 13.2. The number of hydrogen-bond donors (Lipinski definition) is 2. The van der Waals surface area contributed by atoms with E-state index in [1.165, 1.54) is 16.7 Å². The standard InChI is InChI=1S/C31H37N3O3/c1-36-15-14-32-31(35)30-19-27(21-34(30)28-17-25-11-5-6-12-26(25)18-28)33-20-24-10-7-13-29(16-24)37-22-23-8-3-2-4-9-23/h2-13,16,27-28,30,33H,14-15,17-22H2,1H3,(H,32,35)/t27-,30-/m0/s1. The van der Waals surface area contributed by atoms with Crippen molar-refractivity contribution in [2.75, 3.05) is 26.8 Å². The first kappa shape index (κ1) is 25.5. The molecule has 1 fully saturated rings. The van der Waals surface area contributed by atoms with Crippen LogP contribution in [0.2, 0.25) is 0 Å². The van der Waals surface area contributed by atoms with Gasteiger partial charge in [0.05, 0.1) is 12.6 Å². The number of ether oxygens (including phenoxy) is 2. The topological polar surface area (TPSA) is 62.8 Å². The van der Waals surface area contributed by atoms with Crippen LogP contribution in [0, 0.1) is 0 Å². The molecule has 2 aliphatic rings. The average molecular weight is 500 g/mol. The highest BCUT2D eigenvalue weighted by Crippen LogP contribution is 2.31. The molecule has 3 aromatic carbocycles. The molecule has 0 unspecified atom stereocenters. The normalized spacial score (nSPS) is 19.6. The molecule has 5 rings (SSSR count). The Morgan fingerprint density at radius 1 is 0.946 bits per heavy atom. The average Bonchev–Trinajstić information content (AvgIpc) is 3.56. The van der Waals surface area contributed by atoms with Crippen LogP contribution >= 0.6 is 0 Å². The van der Waals surface area contributed by atoms with Crippen molar-refractivity contribution in [2.24, 2.45) is 0 Å². The molecule has 37 heavy (non-hydrogen) atoms. The Kier molecular flexibility index (Phi) is 8.51. The fourth-order valence-corrected chi connectivity index (χ4v) is 5.58. The zero-order chi connectivity index (χ0) is 25.5. The van der Waals surface area contributed by atoms with Gasteiger partial charge in [-0.3, -0.25) is 9.69 Å². The van der Waals surface area contributed by atoms with Crippen molar-refractivity contribution in [2.45, 2.75) is 50.5 Å². The van der Waals surface area contributed by atoms with Crippen LogP contribution < -0.4 is 15.4 Å². The largest absolute Gasteiger partial charge is 0.489 e. The quantitative estimate of drug-likeness (QED) is 0.394. The number of amides is 1. The lowest BCUT2D eigenvalue weighted by atomic mass is 10.1. The van der Waals surface area contributed by atoms with Crippen molar-refractivity contribution in [3.8, 4) is 5.75 Å².